The minimum absolute atomic E-state index is 0.0529. The lowest BCUT2D eigenvalue weighted by Gasteiger charge is -2.26. The van der Waals surface area contributed by atoms with E-state index in [0.717, 1.165) is 10.6 Å². The van der Waals surface area contributed by atoms with Crippen molar-refractivity contribution in [2.45, 2.75) is 11.4 Å². The summed E-state index contributed by atoms with van der Waals surface area (Å²) in [6, 6.07) is 12.5. The van der Waals surface area contributed by atoms with Crippen molar-refractivity contribution in [3.8, 4) is 0 Å². The number of nitrogens with zero attached hydrogens (tertiary/aromatic N) is 2. The zero-order valence-electron chi connectivity index (χ0n) is 17.4. The van der Waals surface area contributed by atoms with Crippen LogP contribution < -0.4 is 5.32 Å². The Balaban J connectivity index is 1.67. The molecular formula is C20H24ClN3O6S2. The Bertz CT molecular complexity index is 1160. The second kappa shape index (κ2) is 10.3. The van der Waals surface area contributed by atoms with Crippen LogP contribution in [0.4, 0.5) is 5.69 Å². The molecule has 1 heterocycles. The van der Waals surface area contributed by atoms with Crippen LogP contribution in [0, 0.1) is 0 Å². The summed E-state index contributed by atoms with van der Waals surface area (Å²) in [5.74, 6) is -0.564. The molecule has 0 saturated carbocycles. The van der Waals surface area contributed by atoms with Crippen LogP contribution in [-0.2, 0) is 36.1 Å². The molecule has 1 aliphatic rings. The van der Waals surface area contributed by atoms with E-state index in [4.69, 9.17) is 16.3 Å². The number of halogens is 1. The van der Waals surface area contributed by atoms with Crippen molar-refractivity contribution in [3.63, 3.8) is 0 Å². The van der Waals surface area contributed by atoms with Gasteiger partial charge in [0.2, 0.25) is 26.0 Å². The Morgan fingerprint density at radius 1 is 1.06 bits per heavy atom. The van der Waals surface area contributed by atoms with Crippen LogP contribution in [0.2, 0.25) is 5.02 Å². The average Bonchev–Trinajstić information content (AvgIpc) is 2.75. The van der Waals surface area contributed by atoms with Crippen molar-refractivity contribution in [1.29, 1.82) is 0 Å². The van der Waals surface area contributed by atoms with Gasteiger partial charge in [-0.1, -0.05) is 29.8 Å². The quantitative estimate of drug-likeness (QED) is 0.589. The second-order valence-electron chi connectivity index (χ2n) is 7.21. The first kappa shape index (κ1) is 24.6. The van der Waals surface area contributed by atoms with E-state index < -0.39 is 32.5 Å². The molecule has 1 N–H and O–H groups in total. The summed E-state index contributed by atoms with van der Waals surface area (Å²) in [4.78, 5) is 12.6. The van der Waals surface area contributed by atoms with Gasteiger partial charge in [-0.25, -0.2) is 16.8 Å². The third-order valence-electron chi connectivity index (χ3n) is 4.84. The number of rotatable bonds is 8. The molecule has 174 valence electrons. The van der Waals surface area contributed by atoms with E-state index in [2.05, 4.69) is 5.32 Å². The number of sulfonamides is 2. The number of carbonyl (C=O) groups is 1. The molecule has 2 aromatic rings. The molecule has 0 spiro atoms. The predicted molar refractivity (Wildman–Crippen MR) is 121 cm³/mol. The summed E-state index contributed by atoms with van der Waals surface area (Å²) in [7, 11) is -7.33. The SMILES string of the molecule is CS(=O)(=O)N(CC(=O)Nc1ccc(S(=O)(=O)N2CCOCC2)cc1)Cc1ccccc1Cl. The Labute approximate surface area is 193 Å². The molecule has 0 radical (unpaired) electrons. The third-order valence-corrected chi connectivity index (χ3v) is 8.32. The van der Waals surface area contributed by atoms with Gasteiger partial charge in [0, 0.05) is 30.3 Å². The largest absolute Gasteiger partial charge is 0.379 e. The standard InChI is InChI=1S/C20H24ClN3O6S2/c1-31(26,27)24(14-16-4-2-3-5-19(16)21)15-20(25)22-17-6-8-18(9-7-17)32(28,29)23-10-12-30-13-11-23/h2-9H,10-15H2,1H3,(H,22,25). The molecule has 9 nitrogen and oxygen atoms in total. The van der Waals surface area contributed by atoms with Crippen molar-refractivity contribution < 1.29 is 26.4 Å². The Kier molecular flexibility index (Phi) is 7.91. The number of benzene rings is 2. The molecule has 32 heavy (non-hydrogen) atoms. The molecular weight excluding hydrogens is 478 g/mol. The highest BCUT2D eigenvalue weighted by Gasteiger charge is 2.26. The molecule has 0 bridgehead atoms. The maximum absolute atomic E-state index is 12.7. The molecule has 0 aromatic heterocycles. The van der Waals surface area contributed by atoms with Crippen LogP contribution in [0.15, 0.2) is 53.4 Å². The van der Waals surface area contributed by atoms with Gasteiger partial charge in [-0.05, 0) is 35.9 Å². The first-order chi connectivity index (χ1) is 15.1. The molecule has 0 aliphatic carbocycles. The van der Waals surface area contributed by atoms with Crippen LogP contribution in [0.25, 0.3) is 0 Å². The maximum Gasteiger partial charge on any atom is 0.243 e. The summed E-state index contributed by atoms with van der Waals surface area (Å²) in [5, 5.41) is 3.00. The zero-order chi connectivity index (χ0) is 23.4. The number of carbonyl (C=O) groups excluding carboxylic acids is 1. The highest BCUT2D eigenvalue weighted by atomic mass is 35.5. The Hall–Kier alpha value is -2.02. The van der Waals surface area contributed by atoms with Gasteiger partial charge >= 0.3 is 0 Å². The van der Waals surface area contributed by atoms with E-state index in [1.807, 2.05) is 0 Å². The van der Waals surface area contributed by atoms with Crippen LogP contribution >= 0.6 is 11.6 Å². The summed E-state index contributed by atoms with van der Waals surface area (Å²) in [6.45, 7) is 0.790. The number of ether oxygens (including phenoxy) is 1. The van der Waals surface area contributed by atoms with Crippen LogP contribution in [0.5, 0.6) is 0 Å². The number of amides is 1. The monoisotopic (exact) mass is 501 g/mol. The van der Waals surface area contributed by atoms with Gasteiger partial charge in [0.05, 0.1) is 30.9 Å². The fourth-order valence-corrected chi connectivity index (χ4v) is 5.44. The fraction of sp³-hybridized carbons (Fsp3) is 0.350. The van der Waals surface area contributed by atoms with E-state index in [1.165, 1.54) is 28.6 Å². The molecule has 1 aliphatic heterocycles. The molecule has 2 aromatic carbocycles. The Morgan fingerprint density at radius 3 is 2.28 bits per heavy atom. The van der Waals surface area contributed by atoms with E-state index >= 15 is 0 Å². The predicted octanol–water partition coefficient (Wildman–Crippen LogP) is 1.76. The van der Waals surface area contributed by atoms with Crippen molar-refractivity contribution in [2.75, 3.05) is 44.4 Å². The minimum Gasteiger partial charge on any atom is -0.379 e. The van der Waals surface area contributed by atoms with Crippen molar-refractivity contribution in [2.24, 2.45) is 0 Å². The van der Waals surface area contributed by atoms with Gasteiger partial charge in [0.1, 0.15) is 0 Å². The summed E-state index contributed by atoms with van der Waals surface area (Å²) >= 11 is 6.11. The first-order valence-corrected chi connectivity index (χ1v) is 13.4. The molecule has 0 atom stereocenters. The first-order valence-electron chi connectivity index (χ1n) is 9.74. The van der Waals surface area contributed by atoms with Crippen molar-refractivity contribution in [1.82, 2.24) is 8.61 Å². The van der Waals surface area contributed by atoms with E-state index in [0.29, 0.717) is 29.5 Å². The number of morpholine rings is 1. The van der Waals surface area contributed by atoms with Crippen LogP contribution in [0.3, 0.4) is 0 Å². The van der Waals surface area contributed by atoms with E-state index in [1.54, 1.807) is 24.3 Å². The van der Waals surface area contributed by atoms with Gasteiger partial charge in [-0.3, -0.25) is 4.79 Å². The number of anilines is 1. The highest BCUT2D eigenvalue weighted by molar-refractivity contribution is 7.89. The topological polar surface area (TPSA) is 113 Å². The number of hydrogen-bond acceptors (Lipinski definition) is 6. The van der Waals surface area contributed by atoms with Gasteiger partial charge in [0.25, 0.3) is 0 Å². The van der Waals surface area contributed by atoms with Gasteiger partial charge in [-0.15, -0.1) is 0 Å². The molecule has 1 amide bonds. The minimum atomic E-state index is -3.69. The van der Waals surface area contributed by atoms with Crippen LogP contribution in [0.1, 0.15) is 5.56 Å². The molecule has 0 unspecified atom stereocenters. The summed E-state index contributed by atoms with van der Waals surface area (Å²) in [5.41, 5.74) is 0.923. The lowest BCUT2D eigenvalue weighted by molar-refractivity contribution is -0.116. The van der Waals surface area contributed by atoms with Crippen molar-refractivity contribution in [3.05, 3.63) is 59.1 Å². The molecule has 1 fully saturated rings. The number of hydrogen-bond donors (Lipinski definition) is 1. The summed E-state index contributed by atoms with van der Waals surface area (Å²) in [6.07, 6.45) is 1.02. The highest BCUT2D eigenvalue weighted by Crippen LogP contribution is 2.21. The normalized spacial score (nSPS) is 15.6. The average molecular weight is 502 g/mol. The van der Waals surface area contributed by atoms with Crippen molar-refractivity contribution >= 4 is 43.2 Å². The summed E-state index contributed by atoms with van der Waals surface area (Å²) < 4.78 is 57.2. The fourth-order valence-electron chi connectivity index (χ4n) is 3.11. The van der Waals surface area contributed by atoms with Gasteiger partial charge < -0.3 is 10.1 Å². The third kappa shape index (κ3) is 6.27. The molecule has 3 rings (SSSR count). The smallest absolute Gasteiger partial charge is 0.243 e. The lowest BCUT2D eigenvalue weighted by Crippen LogP contribution is -2.40. The lowest BCUT2D eigenvalue weighted by atomic mass is 10.2. The van der Waals surface area contributed by atoms with Crippen LogP contribution in [-0.4, -0.2) is 70.5 Å². The molecule has 1 saturated heterocycles. The zero-order valence-corrected chi connectivity index (χ0v) is 19.8. The molecule has 12 heteroatoms. The van der Waals surface area contributed by atoms with Gasteiger partial charge in [0.15, 0.2) is 0 Å². The number of nitrogens with one attached hydrogen (secondary N) is 1. The second-order valence-corrected chi connectivity index (χ2v) is 11.5. The van der Waals surface area contributed by atoms with Gasteiger partial charge in [-0.2, -0.15) is 8.61 Å². The van der Waals surface area contributed by atoms with E-state index in [9.17, 15) is 21.6 Å². The maximum atomic E-state index is 12.7. The van der Waals surface area contributed by atoms with E-state index in [-0.39, 0.29) is 24.5 Å². The Morgan fingerprint density at radius 2 is 1.69 bits per heavy atom.